The number of anilines is 1. The molecule has 0 spiro atoms. The van der Waals surface area contributed by atoms with Crippen LogP contribution in [0, 0.1) is 0 Å². The van der Waals surface area contributed by atoms with E-state index in [0.29, 0.717) is 17.2 Å². The maximum atomic E-state index is 11.0. The van der Waals surface area contributed by atoms with Gasteiger partial charge in [-0.05, 0) is 12.1 Å². The molecule has 1 aromatic carbocycles. The van der Waals surface area contributed by atoms with Crippen LogP contribution >= 0.6 is 0 Å². The van der Waals surface area contributed by atoms with Crippen LogP contribution in [0.5, 0.6) is 5.75 Å². The lowest BCUT2D eigenvalue weighted by atomic mass is 10.1. The van der Waals surface area contributed by atoms with Crippen molar-refractivity contribution in [1.29, 1.82) is 0 Å². The van der Waals surface area contributed by atoms with E-state index >= 15 is 0 Å². The number of hydrogen-bond donors (Lipinski definition) is 1. The Morgan fingerprint density at radius 3 is 3.00 bits per heavy atom. The van der Waals surface area contributed by atoms with Gasteiger partial charge < -0.3 is 10.5 Å². The zero-order valence-corrected chi connectivity index (χ0v) is 10.8. The molecule has 0 saturated heterocycles. The second kappa shape index (κ2) is 4.65. The lowest BCUT2D eigenvalue weighted by molar-refractivity contribution is -0.131. The topological polar surface area (TPSA) is 82.5 Å². The third-order valence-corrected chi connectivity index (χ3v) is 2.76. The molecule has 0 aliphatic heterocycles. The minimum Gasteiger partial charge on any atom is -0.427 e. The molecule has 6 nitrogen and oxygen atoms in total. The number of ether oxygens (including phenoxy) is 1. The molecule has 2 N–H and O–H groups in total. The molecule has 3 aromatic rings. The van der Waals surface area contributed by atoms with Crippen molar-refractivity contribution in [1.82, 2.24) is 14.4 Å². The van der Waals surface area contributed by atoms with Gasteiger partial charge in [0, 0.05) is 24.8 Å². The van der Waals surface area contributed by atoms with Crippen LogP contribution in [0.4, 0.5) is 5.82 Å². The molecule has 0 bridgehead atoms. The molecule has 0 amide bonds. The van der Waals surface area contributed by atoms with Crippen LogP contribution in [0.3, 0.4) is 0 Å². The Morgan fingerprint density at radius 1 is 1.35 bits per heavy atom. The highest BCUT2D eigenvalue weighted by molar-refractivity contribution is 5.71. The number of aromatic nitrogens is 3. The van der Waals surface area contributed by atoms with E-state index in [1.54, 1.807) is 28.9 Å². The molecule has 0 saturated carbocycles. The zero-order valence-electron chi connectivity index (χ0n) is 10.8. The Labute approximate surface area is 114 Å². The van der Waals surface area contributed by atoms with Gasteiger partial charge in [0.2, 0.25) is 0 Å². The summed E-state index contributed by atoms with van der Waals surface area (Å²) in [7, 11) is 0. The van der Waals surface area contributed by atoms with Gasteiger partial charge >= 0.3 is 5.97 Å². The Bertz CT molecular complexity index is 795. The Kier molecular flexibility index (Phi) is 2.83. The minimum absolute atomic E-state index is 0.353. The number of imidazole rings is 1. The van der Waals surface area contributed by atoms with E-state index in [-0.39, 0.29) is 5.97 Å². The SMILES string of the molecule is CC(=O)Oc1cccc(-c2cn3cnc(N)cc3n2)c1. The molecule has 0 unspecified atom stereocenters. The Balaban J connectivity index is 2.03. The molecule has 100 valence electrons. The normalized spacial score (nSPS) is 10.7. The summed E-state index contributed by atoms with van der Waals surface area (Å²) in [4.78, 5) is 19.4. The van der Waals surface area contributed by atoms with Crippen LogP contribution in [-0.4, -0.2) is 20.3 Å². The highest BCUT2D eigenvalue weighted by Crippen LogP contribution is 2.23. The van der Waals surface area contributed by atoms with Gasteiger partial charge in [-0.25, -0.2) is 9.97 Å². The first kappa shape index (κ1) is 12.2. The van der Waals surface area contributed by atoms with Crippen molar-refractivity contribution in [3.8, 4) is 17.0 Å². The predicted octanol–water partition coefficient (Wildman–Crippen LogP) is 1.90. The number of rotatable bonds is 2. The van der Waals surface area contributed by atoms with Crippen molar-refractivity contribution in [2.45, 2.75) is 6.92 Å². The van der Waals surface area contributed by atoms with Gasteiger partial charge in [0.1, 0.15) is 23.5 Å². The summed E-state index contributed by atoms with van der Waals surface area (Å²) in [6, 6.07) is 8.88. The average Bonchev–Trinajstić information content (AvgIpc) is 2.81. The summed E-state index contributed by atoms with van der Waals surface area (Å²) in [6.07, 6.45) is 3.45. The van der Waals surface area contributed by atoms with E-state index in [9.17, 15) is 4.79 Å². The quantitative estimate of drug-likeness (QED) is 0.567. The molecule has 0 radical (unpaired) electrons. The molecule has 6 heteroatoms. The average molecular weight is 268 g/mol. The van der Waals surface area contributed by atoms with Crippen LogP contribution in [0.2, 0.25) is 0 Å². The summed E-state index contributed by atoms with van der Waals surface area (Å²) < 4.78 is 6.85. The number of carbonyl (C=O) groups excluding carboxylic acids is 1. The van der Waals surface area contributed by atoms with Crippen molar-refractivity contribution in [2.75, 3.05) is 5.73 Å². The number of carbonyl (C=O) groups is 1. The van der Waals surface area contributed by atoms with Crippen LogP contribution in [0.1, 0.15) is 6.92 Å². The summed E-state index contributed by atoms with van der Waals surface area (Å²) in [5.74, 6) is 0.558. The molecular weight excluding hydrogens is 256 g/mol. The van der Waals surface area contributed by atoms with Crippen LogP contribution < -0.4 is 10.5 Å². The standard InChI is InChI=1S/C14H12N4O2/c1-9(19)20-11-4-2-3-10(5-11)12-7-18-8-16-13(15)6-14(18)17-12/h2-8H,15H2,1H3. The summed E-state index contributed by atoms with van der Waals surface area (Å²) in [6.45, 7) is 1.37. The number of benzene rings is 1. The van der Waals surface area contributed by atoms with E-state index in [2.05, 4.69) is 9.97 Å². The third-order valence-electron chi connectivity index (χ3n) is 2.76. The van der Waals surface area contributed by atoms with Crippen molar-refractivity contribution < 1.29 is 9.53 Å². The molecule has 2 aromatic heterocycles. The van der Waals surface area contributed by atoms with E-state index < -0.39 is 0 Å². The highest BCUT2D eigenvalue weighted by Gasteiger charge is 2.07. The molecule has 0 atom stereocenters. The minimum atomic E-state index is -0.353. The van der Waals surface area contributed by atoms with E-state index in [0.717, 1.165) is 11.3 Å². The molecule has 0 aliphatic carbocycles. The lowest BCUT2D eigenvalue weighted by Crippen LogP contribution is -2.01. The first-order valence-electron chi connectivity index (χ1n) is 6.01. The first-order chi connectivity index (χ1) is 9.61. The summed E-state index contributed by atoms with van der Waals surface area (Å²) in [5.41, 5.74) is 7.95. The highest BCUT2D eigenvalue weighted by atomic mass is 16.5. The van der Waals surface area contributed by atoms with Crippen molar-refractivity contribution >= 4 is 17.4 Å². The second-order valence-corrected chi connectivity index (χ2v) is 4.33. The van der Waals surface area contributed by atoms with Gasteiger partial charge in [0.05, 0.1) is 5.69 Å². The Hall–Kier alpha value is -2.89. The molecule has 3 rings (SSSR count). The zero-order chi connectivity index (χ0) is 14.1. The smallest absolute Gasteiger partial charge is 0.308 e. The number of nitrogens with two attached hydrogens (primary N) is 1. The maximum absolute atomic E-state index is 11.0. The van der Waals surface area contributed by atoms with E-state index in [1.165, 1.54) is 6.92 Å². The van der Waals surface area contributed by atoms with Crippen molar-refractivity contribution in [3.63, 3.8) is 0 Å². The largest absolute Gasteiger partial charge is 0.427 e. The fourth-order valence-corrected chi connectivity index (χ4v) is 1.93. The van der Waals surface area contributed by atoms with Crippen molar-refractivity contribution in [3.05, 3.63) is 42.9 Å². The fourth-order valence-electron chi connectivity index (χ4n) is 1.93. The van der Waals surface area contributed by atoms with Gasteiger partial charge in [-0.15, -0.1) is 0 Å². The Morgan fingerprint density at radius 2 is 2.20 bits per heavy atom. The second-order valence-electron chi connectivity index (χ2n) is 4.33. The molecule has 20 heavy (non-hydrogen) atoms. The monoisotopic (exact) mass is 268 g/mol. The predicted molar refractivity (Wildman–Crippen MR) is 74.1 cm³/mol. The number of nitrogens with zero attached hydrogens (tertiary/aromatic N) is 3. The molecule has 0 fully saturated rings. The summed E-state index contributed by atoms with van der Waals surface area (Å²) in [5, 5.41) is 0. The molecule has 0 aliphatic rings. The van der Waals surface area contributed by atoms with Gasteiger partial charge in [0.15, 0.2) is 0 Å². The van der Waals surface area contributed by atoms with E-state index in [4.69, 9.17) is 10.5 Å². The first-order valence-corrected chi connectivity index (χ1v) is 6.01. The molecular formula is C14H12N4O2. The van der Waals surface area contributed by atoms with Crippen LogP contribution in [0.25, 0.3) is 16.9 Å². The maximum Gasteiger partial charge on any atom is 0.308 e. The van der Waals surface area contributed by atoms with E-state index in [1.807, 2.05) is 18.3 Å². The van der Waals surface area contributed by atoms with Gasteiger partial charge in [-0.1, -0.05) is 12.1 Å². The number of esters is 1. The van der Waals surface area contributed by atoms with Crippen LogP contribution in [-0.2, 0) is 4.79 Å². The lowest BCUT2D eigenvalue weighted by Gasteiger charge is -2.02. The van der Waals surface area contributed by atoms with Gasteiger partial charge in [0.25, 0.3) is 0 Å². The number of hydrogen-bond acceptors (Lipinski definition) is 5. The van der Waals surface area contributed by atoms with Gasteiger partial charge in [-0.3, -0.25) is 9.20 Å². The van der Waals surface area contributed by atoms with Crippen molar-refractivity contribution in [2.24, 2.45) is 0 Å². The summed E-state index contributed by atoms with van der Waals surface area (Å²) >= 11 is 0. The molecule has 2 heterocycles. The fraction of sp³-hybridized carbons (Fsp3) is 0.0714. The van der Waals surface area contributed by atoms with Crippen LogP contribution in [0.15, 0.2) is 42.9 Å². The van der Waals surface area contributed by atoms with Gasteiger partial charge in [-0.2, -0.15) is 0 Å². The number of nitrogen functional groups attached to an aromatic ring is 1. The third kappa shape index (κ3) is 2.31. The number of fused-ring (bicyclic) bond motifs is 1.